The van der Waals surface area contributed by atoms with E-state index in [1.54, 1.807) is 18.7 Å². The van der Waals surface area contributed by atoms with Crippen LogP contribution in [0.2, 0.25) is 0 Å². The summed E-state index contributed by atoms with van der Waals surface area (Å²) >= 11 is 1.64. The second-order valence-corrected chi connectivity index (χ2v) is 5.60. The highest BCUT2D eigenvalue weighted by atomic mass is 32.2. The average Bonchev–Trinajstić information content (AvgIpc) is 2.22. The first-order valence-corrected chi connectivity index (χ1v) is 6.37. The molecule has 2 amide bonds. The van der Waals surface area contributed by atoms with Crippen LogP contribution in [0.15, 0.2) is 0 Å². The van der Waals surface area contributed by atoms with Crippen molar-refractivity contribution in [2.45, 2.75) is 38.0 Å². The van der Waals surface area contributed by atoms with Gasteiger partial charge in [0.2, 0.25) is 0 Å². The fourth-order valence-corrected chi connectivity index (χ4v) is 1.13. The third kappa shape index (κ3) is 5.85. The Morgan fingerprint density at radius 2 is 2.00 bits per heavy atom. The number of amides is 2. The molecule has 1 atom stereocenters. The first-order chi connectivity index (χ1) is 7.32. The quantitative estimate of drug-likeness (QED) is 0.662. The van der Waals surface area contributed by atoms with Crippen LogP contribution in [0, 0.1) is 0 Å². The van der Waals surface area contributed by atoms with Gasteiger partial charge in [0.15, 0.2) is 0 Å². The maximum absolute atomic E-state index is 11.4. The molecule has 0 radical (unpaired) electrons. The topological polar surface area (TPSA) is 78.4 Å². The maximum Gasteiger partial charge on any atom is 0.326 e. The molecule has 6 heteroatoms. The number of hydrogen-bond acceptors (Lipinski definition) is 3. The number of carbonyl (C=O) groups excluding carboxylic acids is 1. The number of hydrogen-bond donors (Lipinski definition) is 3. The Bertz CT molecular complexity index is 256. The lowest BCUT2D eigenvalue weighted by molar-refractivity contribution is -0.139. The SMILES string of the molecule is CCC(NC(=O)NCC(C)(C)SC)C(=O)O. The number of carbonyl (C=O) groups is 2. The summed E-state index contributed by atoms with van der Waals surface area (Å²) in [6.45, 7) is 6.22. The standard InChI is InChI=1S/C10H20N2O3S/c1-5-7(8(13)14)12-9(15)11-6-10(2,3)16-4/h7H,5-6H2,1-4H3,(H,13,14)(H2,11,12,15). The predicted octanol–water partition coefficient (Wildman–Crippen LogP) is 1.29. The summed E-state index contributed by atoms with van der Waals surface area (Å²) in [5, 5.41) is 13.8. The molecule has 5 nitrogen and oxygen atoms in total. The minimum Gasteiger partial charge on any atom is -0.480 e. The molecule has 0 aliphatic rings. The molecule has 1 unspecified atom stereocenters. The van der Waals surface area contributed by atoms with Crippen molar-refractivity contribution in [1.82, 2.24) is 10.6 Å². The molecule has 0 saturated carbocycles. The van der Waals surface area contributed by atoms with Crippen molar-refractivity contribution in [3.05, 3.63) is 0 Å². The zero-order chi connectivity index (χ0) is 12.8. The predicted molar refractivity (Wildman–Crippen MR) is 65.8 cm³/mol. The summed E-state index contributed by atoms with van der Waals surface area (Å²) in [5.74, 6) is -1.01. The molecule has 0 spiro atoms. The highest BCUT2D eigenvalue weighted by Crippen LogP contribution is 2.19. The third-order valence-electron chi connectivity index (χ3n) is 2.24. The van der Waals surface area contributed by atoms with Crippen LogP contribution < -0.4 is 10.6 Å². The molecule has 3 N–H and O–H groups in total. The summed E-state index contributed by atoms with van der Waals surface area (Å²) in [6.07, 6.45) is 2.33. The second kappa shape index (κ2) is 6.62. The first-order valence-electron chi connectivity index (χ1n) is 5.14. The molecule has 0 aromatic heterocycles. The second-order valence-electron chi connectivity index (χ2n) is 4.09. The van der Waals surface area contributed by atoms with Gasteiger partial charge in [-0.1, -0.05) is 6.92 Å². The zero-order valence-electron chi connectivity index (χ0n) is 10.2. The van der Waals surface area contributed by atoms with Crippen LogP contribution >= 0.6 is 11.8 Å². The van der Waals surface area contributed by atoms with Gasteiger partial charge in [0.25, 0.3) is 0 Å². The molecular weight excluding hydrogens is 228 g/mol. The van der Waals surface area contributed by atoms with Crippen molar-refractivity contribution >= 4 is 23.8 Å². The molecular formula is C10H20N2O3S. The molecule has 0 heterocycles. The molecule has 16 heavy (non-hydrogen) atoms. The van der Waals surface area contributed by atoms with E-state index in [0.717, 1.165) is 0 Å². The van der Waals surface area contributed by atoms with Crippen LogP contribution in [0.4, 0.5) is 4.79 Å². The molecule has 0 aromatic rings. The van der Waals surface area contributed by atoms with Crippen LogP contribution in [-0.2, 0) is 4.79 Å². The van der Waals surface area contributed by atoms with Gasteiger partial charge in [0.1, 0.15) is 6.04 Å². The number of carboxylic acid groups (broad SMARTS) is 1. The summed E-state index contributed by atoms with van der Waals surface area (Å²) in [4.78, 5) is 22.1. The summed E-state index contributed by atoms with van der Waals surface area (Å²) in [6, 6.07) is -1.26. The molecule has 0 rings (SSSR count). The molecule has 0 bridgehead atoms. The number of urea groups is 1. The van der Waals surface area contributed by atoms with E-state index in [9.17, 15) is 9.59 Å². The lowest BCUT2D eigenvalue weighted by Crippen LogP contribution is -2.48. The zero-order valence-corrected chi connectivity index (χ0v) is 11.0. The Hall–Kier alpha value is -0.910. The Morgan fingerprint density at radius 1 is 1.44 bits per heavy atom. The van der Waals surface area contributed by atoms with E-state index in [2.05, 4.69) is 10.6 Å². The van der Waals surface area contributed by atoms with Gasteiger partial charge in [-0.25, -0.2) is 9.59 Å². The van der Waals surface area contributed by atoms with E-state index in [4.69, 9.17) is 5.11 Å². The molecule has 0 aliphatic heterocycles. The lowest BCUT2D eigenvalue weighted by atomic mass is 10.2. The van der Waals surface area contributed by atoms with Gasteiger partial charge < -0.3 is 15.7 Å². The van der Waals surface area contributed by atoms with Crippen LogP contribution in [0.1, 0.15) is 27.2 Å². The van der Waals surface area contributed by atoms with Crippen molar-refractivity contribution in [3.8, 4) is 0 Å². The van der Waals surface area contributed by atoms with Gasteiger partial charge in [0, 0.05) is 11.3 Å². The van der Waals surface area contributed by atoms with E-state index in [0.29, 0.717) is 13.0 Å². The minimum absolute atomic E-state index is 0.0533. The smallest absolute Gasteiger partial charge is 0.326 e. The maximum atomic E-state index is 11.4. The van der Waals surface area contributed by atoms with Gasteiger partial charge in [0.05, 0.1) is 0 Å². The Kier molecular flexibility index (Phi) is 6.25. The van der Waals surface area contributed by atoms with Crippen molar-refractivity contribution in [2.24, 2.45) is 0 Å². The van der Waals surface area contributed by atoms with Crippen LogP contribution in [-0.4, -0.2) is 40.7 Å². The third-order valence-corrected chi connectivity index (χ3v) is 3.49. The highest BCUT2D eigenvalue weighted by Gasteiger charge is 2.20. The average molecular weight is 248 g/mol. The molecule has 94 valence electrons. The number of thioether (sulfide) groups is 1. The fourth-order valence-electron chi connectivity index (χ4n) is 0.913. The summed E-state index contributed by atoms with van der Waals surface area (Å²) in [5.41, 5.74) is 0. The summed E-state index contributed by atoms with van der Waals surface area (Å²) < 4.78 is -0.0533. The van der Waals surface area contributed by atoms with Crippen molar-refractivity contribution < 1.29 is 14.7 Å². The van der Waals surface area contributed by atoms with Crippen LogP contribution in [0.25, 0.3) is 0 Å². The van der Waals surface area contributed by atoms with Gasteiger partial charge in [-0.15, -0.1) is 0 Å². The van der Waals surface area contributed by atoms with E-state index < -0.39 is 18.0 Å². The van der Waals surface area contributed by atoms with E-state index in [1.165, 1.54) is 0 Å². The van der Waals surface area contributed by atoms with Gasteiger partial charge in [-0.2, -0.15) is 11.8 Å². The molecule has 0 aliphatic carbocycles. The van der Waals surface area contributed by atoms with E-state index >= 15 is 0 Å². The molecule has 0 saturated heterocycles. The molecule has 0 fully saturated rings. The summed E-state index contributed by atoms with van der Waals surface area (Å²) in [7, 11) is 0. The largest absolute Gasteiger partial charge is 0.480 e. The van der Waals surface area contributed by atoms with Crippen molar-refractivity contribution in [3.63, 3.8) is 0 Å². The number of nitrogens with one attached hydrogen (secondary N) is 2. The van der Waals surface area contributed by atoms with E-state index in [-0.39, 0.29) is 4.75 Å². The normalized spacial score (nSPS) is 13.0. The van der Waals surface area contributed by atoms with Crippen LogP contribution in [0.3, 0.4) is 0 Å². The highest BCUT2D eigenvalue weighted by molar-refractivity contribution is 7.99. The fraction of sp³-hybridized carbons (Fsp3) is 0.800. The Balaban J connectivity index is 4.04. The number of aliphatic carboxylic acids is 1. The van der Waals surface area contributed by atoms with Crippen LogP contribution in [0.5, 0.6) is 0 Å². The van der Waals surface area contributed by atoms with E-state index in [1.807, 2.05) is 20.1 Å². The van der Waals surface area contributed by atoms with Gasteiger partial charge >= 0.3 is 12.0 Å². The number of carboxylic acids is 1. The Labute approximate surface area is 100 Å². The Morgan fingerprint density at radius 3 is 2.38 bits per heavy atom. The monoisotopic (exact) mass is 248 g/mol. The van der Waals surface area contributed by atoms with Crippen molar-refractivity contribution in [1.29, 1.82) is 0 Å². The minimum atomic E-state index is -1.01. The lowest BCUT2D eigenvalue weighted by Gasteiger charge is -2.23. The first kappa shape index (κ1) is 15.1. The molecule has 0 aromatic carbocycles. The van der Waals surface area contributed by atoms with Gasteiger partial charge in [-0.05, 0) is 26.5 Å². The van der Waals surface area contributed by atoms with Gasteiger partial charge in [-0.3, -0.25) is 0 Å². The van der Waals surface area contributed by atoms with Crippen molar-refractivity contribution in [2.75, 3.05) is 12.8 Å². The number of rotatable bonds is 6.